The molecule has 0 aromatic rings. The van der Waals surface area contributed by atoms with E-state index in [2.05, 4.69) is 11.8 Å². The van der Waals surface area contributed by atoms with Crippen LogP contribution in [0.5, 0.6) is 0 Å². The topological polar surface area (TPSA) is 29.3 Å². The van der Waals surface area contributed by atoms with E-state index >= 15 is 0 Å². The van der Waals surface area contributed by atoms with E-state index in [0.29, 0.717) is 5.41 Å². The Morgan fingerprint density at radius 3 is 2.67 bits per heavy atom. The zero-order valence-electron chi connectivity index (χ0n) is 10.2. The molecule has 0 amide bonds. The van der Waals surface area contributed by atoms with Crippen LogP contribution in [0.2, 0.25) is 0 Å². The lowest BCUT2D eigenvalue weighted by Gasteiger charge is -2.46. The van der Waals surface area contributed by atoms with Crippen LogP contribution in [0.25, 0.3) is 0 Å². The van der Waals surface area contributed by atoms with E-state index in [1.54, 1.807) is 0 Å². The summed E-state index contributed by atoms with van der Waals surface area (Å²) in [5.74, 6) is 0.952. The van der Waals surface area contributed by atoms with Crippen LogP contribution in [0.1, 0.15) is 45.4 Å². The van der Waals surface area contributed by atoms with Crippen molar-refractivity contribution in [1.29, 1.82) is 0 Å². The SMILES string of the molecule is CCC1CCCN(CC2(CN)CCC2)C1. The Bertz CT molecular complexity index is 193. The van der Waals surface area contributed by atoms with Crippen molar-refractivity contribution < 1.29 is 0 Å². The van der Waals surface area contributed by atoms with Crippen molar-refractivity contribution in [3.63, 3.8) is 0 Å². The maximum atomic E-state index is 5.93. The van der Waals surface area contributed by atoms with E-state index in [4.69, 9.17) is 5.73 Å². The molecule has 0 aromatic heterocycles. The lowest BCUT2D eigenvalue weighted by molar-refractivity contribution is 0.0505. The minimum Gasteiger partial charge on any atom is -0.330 e. The summed E-state index contributed by atoms with van der Waals surface area (Å²) in [5.41, 5.74) is 6.44. The molecule has 2 nitrogen and oxygen atoms in total. The van der Waals surface area contributed by atoms with Gasteiger partial charge in [-0.1, -0.05) is 19.8 Å². The van der Waals surface area contributed by atoms with Crippen LogP contribution in [-0.2, 0) is 0 Å². The standard InChI is InChI=1S/C13H26N2/c1-2-12-5-3-8-15(9-12)11-13(10-14)6-4-7-13/h12H,2-11,14H2,1H3. The van der Waals surface area contributed by atoms with E-state index in [9.17, 15) is 0 Å². The van der Waals surface area contributed by atoms with Gasteiger partial charge >= 0.3 is 0 Å². The van der Waals surface area contributed by atoms with Crippen LogP contribution in [0.4, 0.5) is 0 Å². The van der Waals surface area contributed by atoms with Gasteiger partial charge in [-0.3, -0.25) is 0 Å². The fourth-order valence-electron chi connectivity index (χ4n) is 3.21. The number of nitrogens with two attached hydrogens (primary N) is 1. The van der Waals surface area contributed by atoms with E-state index in [1.807, 2.05) is 0 Å². The lowest BCUT2D eigenvalue weighted by atomic mass is 9.68. The first-order valence-electron chi connectivity index (χ1n) is 6.70. The third kappa shape index (κ3) is 2.54. The Morgan fingerprint density at radius 1 is 1.33 bits per heavy atom. The highest BCUT2D eigenvalue weighted by Gasteiger charge is 2.37. The summed E-state index contributed by atoms with van der Waals surface area (Å²) in [6, 6.07) is 0. The average molecular weight is 210 g/mol. The Kier molecular flexibility index (Phi) is 3.68. The summed E-state index contributed by atoms with van der Waals surface area (Å²) in [6.07, 6.45) is 8.35. The molecule has 2 fully saturated rings. The van der Waals surface area contributed by atoms with Gasteiger partial charge < -0.3 is 10.6 Å². The summed E-state index contributed by atoms with van der Waals surface area (Å²) in [4.78, 5) is 2.68. The summed E-state index contributed by atoms with van der Waals surface area (Å²) >= 11 is 0. The smallest absolute Gasteiger partial charge is 0.00502 e. The first-order chi connectivity index (χ1) is 7.28. The van der Waals surface area contributed by atoms with Crippen molar-refractivity contribution in [3.05, 3.63) is 0 Å². The van der Waals surface area contributed by atoms with Crippen molar-refractivity contribution in [3.8, 4) is 0 Å². The molecule has 0 aromatic carbocycles. The number of hydrogen-bond acceptors (Lipinski definition) is 2. The maximum Gasteiger partial charge on any atom is 0.00502 e. The minimum atomic E-state index is 0.510. The quantitative estimate of drug-likeness (QED) is 0.771. The molecule has 1 saturated carbocycles. The molecule has 1 aliphatic carbocycles. The summed E-state index contributed by atoms with van der Waals surface area (Å²) in [6.45, 7) is 7.16. The molecule has 0 spiro atoms. The van der Waals surface area contributed by atoms with Crippen molar-refractivity contribution in [2.24, 2.45) is 17.1 Å². The number of nitrogens with zero attached hydrogens (tertiary/aromatic N) is 1. The van der Waals surface area contributed by atoms with Crippen molar-refractivity contribution in [2.45, 2.75) is 45.4 Å². The number of likely N-dealkylation sites (tertiary alicyclic amines) is 1. The van der Waals surface area contributed by atoms with Gasteiger partial charge in [0.1, 0.15) is 0 Å². The third-order valence-corrected chi connectivity index (χ3v) is 4.59. The molecule has 2 N–H and O–H groups in total. The molecule has 88 valence electrons. The molecular formula is C13H26N2. The van der Waals surface area contributed by atoms with Gasteiger partial charge in [-0.2, -0.15) is 0 Å². The van der Waals surface area contributed by atoms with Crippen molar-refractivity contribution in [2.75, 3.05) is 26.2 Å². The second-order valence-corrected chi connectivity index (χ2v) is 5.71. The minimum absolute atomic E-state index is 0.510. The predicted octanol–water partition coefficient (Wildman–Crippen LogP) is 2.24. The van der Waals surface area contributed by atoms with E-state index in [1.165, 1.54) is 58.2 Å². The van der Waals surface area contributed by atoms with E-state index in [0.717, 1.165) is 12.5 Å². The number of hydrogen-bond donors (Lipinski definition) is 1. The molecule has 2 rings (SSSR count). The van der Waals surface area contributed by atoms with E-state index in [-0.39, 0.29) is 0 Å². The first kappa shape index (κ1) is 11.4. The van der Waals surface area contributed by atoms with Crippen LogP contribution in [0, 0.1) is 11.3 Å². The maximum absolute atomic E-state index is 5.93. The van der Waals surface area contributed by atoms with Crippen molar-refractivity contribution in [1.82, 2.24) is 4.90 Å². The molecule has 1 heterocycles. The number of piperidine rings is 1. The zero-order chi connectivity index (χ0) is 10.7. The Labute approximate surface area is 94.2 Å². The predicted molar refractivity (Wildman–Crippen MR) is 64.8 cm³/mol. The highest BCUT2D eigenvalue weighted by atomic mass is 15.1. The van der Waals surface area contributed by atoms with Crippen LogP contribution in [0.15, 0.2) is 0 Å². The molecule has 0 bridgehead atoms. The van der Waals surface area contributed by atoms with Crippen LogP contribution >= 0.6 is 0 Å². The largest absolute Gasteiger partial charge is 0.330 e. The van der Waals surface area contributed by atoms with Gasteiger partial charge in [0, 0.05) is 13.1 Å². The first-order valence-corrected chi connectivity index (χ1v) is 6.70. The van der Waals surface area contributed by atoms with Gasteiger partial charge in [0.2, 0.25) is 0 Å². The van der Waals surface area contributed by atoms with Crippen LogP contribution in [0.3, 0.4) is 0 Å². The fourth-order valence-corrected chi connectivity index (χ4v) is 3.21. The van der Waals surface area contributed by atoms with Crippen molar-refractivity contribution >= 4 is 0 Å². The second-order valence-electron chi connectivity index (χ2n) is 5.71. The highest BCUT2D eigenvalue weighted by Crippen LogP contribution is 2.41. The zero-order valence-corrected chi connectivity index (χ0v) is 10.2. The molecule has 1 saturated heterocycles. The second kappa shape index (κ2) is 4.84. The van der Waals surface area contributed by atoms with Gasteiger partial charge in [-0.25, -0.2) is 0 Å². The monoisotopic (exact) mass is 210 g/mol. The van der Waals surface area contributed by atoms with Gasteiger partial charge in [-0.05, 0) is 50.1 Å². The molecule has 0 radical (unpaired) electrons. The number of rotatable bonds is 4. The third-order valence-electron chi connectivity index (χ3n) is 4.59. The van der Waals surface area contributed by atoms with Gasteiger partial charge in [-0.15, -0.1) is 0 Å². The molecule has 1 atom stereocenters. The molecule has 15 heavy (non-hydrogen) atoms. The fraction of sp³-hybridized carbons (Fsp3) is 1.00. The molecular weight excluding hydrogens is 184 g/mol. The normalized spacial score (nSPS) is 31.2. The molecule has 1 unspecified atom stereocenters. The Morgan fingerprint density at radius 2 is 2.13 bits per heavy atom. The van der Waals surface area contributed by atoms with Gasteiger partial charge in [0.05, 0.1) is 0 Å². The summed E-state index contributed by atoms with van der Waals surface area (Å²) < 4.78 is 0. The molecule has 1 aliphatic heterocycles. The van der Waals surface area contributed by atoms with E-state index < -0.39 is 0 Å². The van der Waals surface area contributed by atoms with Crippen LogP contribution in [-0.4, -0.2) is 31.1 Å². The average Bonchev–Trinajstić information content (AvgIpc) is 2.24. The Balaban J connectivity index is 1.82. The van der Waals surface area contributed by atoms with Gasteiger partial charge in [0.25, 0.3) is 0 Å². The summed E-state index contributed by atoms with van der Waals surface area (Å²) in [5, 5.41) is 0. The Hall–Kier alpha value is -0.0800. The molecule has 2 heteroatoms. The molecule has 2 aliphatic rings. The van der Waals surface area contributed by atoms with Crippen LogP contribution < -0.4 is 5.73 Å². The highest BCUT2D eigenvalue weighted by molar-refractivity contribution is 4.92. The lowest BCUT2D eigenvalue weighted by Crippen LogP contribution is -2.49. The summed E-state index contributed by atoms with van der Waals surface area (Å²) in [7, 11) is 0. The van der Waals surface area contributed by atoms with Gasteiger partial charge in [0.15, 0.2) is 0 Å².